The summed E-state index contributed by atoms with van der Waals surface area (Å²) in [7, 11) is 0. The van der Waals surface area contributed by atoms with Crippen molar-refractivity contribution >= 4 is 11.9 Å². The van der Waals surface area contributed by atoms with Gasteiger partial charge in [0.25, 0.3) is 0 Å². The summed E-state index contributed by atoms with van der Waals surface area (Å²) in [6.07, 6.45) is 5.64. The minimum absolute atomic E-state index is 0.0379. The molecule has 6 nitrogen and oxygen atoms in total. The molecule has 3 aromatic rings. The van der Waals surface area contributed by atoms with Crippen LogP contribution in [0.1, 0.15) is 17.2 Å². The molecule has 1 aliphatic rings. The van der Waals surface area contributed by atoms with Gasteiger partial charge in [-0.3, -0.25) is 9.78 Å². The first kappa shape index (κ1) is 19.0. The number of anilines is 1. The van der Waals surface area contributed by atoms with E-state index in [2.05, 4.69) is 19.9 Å². The van der Waals surface area contributed by atoms with E-state index in [1.165, 1.54) is 12.1 Å². The van der Waals surface area contributed by atoms with Crippen LogP contribution in [-0.2, 0) is 11.2 Å². The fourth-order valence-electron chi connectivity index (χ4n) is 3.57. The van der Waals surface area contributed by atoms with Crippen molar-refractivity contribution in [1.29, 1.82) is 0 Å². The molecule has 2 aromatic heterocycles. The van der Waals surface area contributed by atoms with Crippen molar-refractivity contribution in [2.24, 2.45) is 0 Å². The normalized spacial score (nSPS) is 15.2. The third-order valence-corrected chi connectivity index (χ3v) is 5.14. The van der Waals surface area contributed by atoms with Crippen LogP contribution < -0.4 is 4.90 Å². The first-order valence-corrected chi connectivity index (χ1v) is 9.67. The Kier molecular flexibility index (Phi) is 5.74. The molecule has 0 saturated carbocycles. The number of benzene rings is 1. The number of hydrogen-bond donors (Lipinski definition) is 0. The van der Waals surface area contributed by atoms with Crippen molar-refractivity contribution in [2.75, 3.05) is 31.1 Å². The Morgan fingerprint density at radius 2 is 1.59 bits per heavy atom. The van der Waals surface area contributed by atoms with Gasteiger partial charge < -0.3 is 9.80 Å². The van der Waals surface area contributed by atoms with E-state index in [-0.39, 0.29) is 11.7 Å². The van der Waals surface area contributed by atoms with Gasteiger partial charge >= 0.3 is 0 Å². The van der Waals surface area contributed by atoms with E-state index < -0.39 is 5.92 Å². The number of hydrogen-bond acceptors (Lipinski definition) is 5. The van der Waals surface area contributed by atoms with E-state index in [1.807, 2.05) is 23.1 Å². The molecule has 0 spiro atoms. The molecule has 1 aliphatic heterocycles. The third-order valence-electron chi connectivity index (χ3n) is 5.14. The molecule has 1 amide bonds. The topological polar surface area (TPSA) is 62.2 Å². The molecule has 0 aliphatic carbocycles. The van der Waals surface area contributed by atoms with Gasteiger partial charge in [0.15, 0.2) is 0 Å². The lowest BCUT2D eigenvalue weighted by atomic mass is 9.92. The number of carbonyl (C=O) groups is 1. The smallest absolute Gasteiger partial charge is 0.230 e. The second-order valence-electron chi connectivity index (χ2n) is 6.99. The lowest BCUT2D eigenvalue weighted by molar-refractivity contribution is -0.133. The summed E-state index contributed by atoms with van der Waals surface area (Å²) in [5.74, 6) is 0.0124. The maximum atomic E-state index is 13.4. The van der Waals surface area contributed by atoms with Gasteiger partial charge in [-0.25, -0.2) is 14.4 Å². The van der Waals surface area contributed by atoms with Gasteiger partial charge in [0.1, 0.15) is 5.82 Å². The average molecular weight is 391 g/mol. The summed E-state index contributed by atoms with van der Waals surface area (Å²) in [5, 5.41) is 0. The highest BCUT2D eigenvalue weighted by Crippen LogP contribution is 2.24. The molecule has 7 heteroatoms. The number of carbonyl (C=O) groups excluding carboxylic acids is 1. The quantitative estimate of drug-likeness (QED) is 0.669. The Balaban J connectivity index is 1.50. The highest BCUT2D eigenvalue weighted by atomic mass is 19.1. The monoisotopic (exact) mass is 391 g/mol. The van der Waals surface area contributed by atoms with E-state index >= 15 is 0 Å². The fraction of sp³-hybridized carbons (Fsp3) is 0.273. The molecule has 1 unspecified atom stereocenters. The van der Waals surface area contributed by atoms with Gasteiger partial charge in [-0.05, 0) is 35.9 Å². The summed E-state index contributed by atoms with van der Waals surface area (Å²) in [4.78, 5) is 30.3. The van der Waals surface area contributed by atoms with Crippen LogP contribution >= 0.6 is 0 Å². The zero-order valence-electron chi connectivity index (χ0n) is 16.0. The molecule has 3 heterocycles. The van der Waals surface area contributed by atoms with Crippen LogP contribution in [0.15, 0.2) is 67.1 Å². The van der Waals surface area contributed by atoms with Crippen molar-refractivity contribution < 1.29 is 9.18 Å². The molecule has 148 valence electrons. The van der Waals surface area contributed by atoms with E-state index in [0.29, 0.717) is 38.5 Å². The molecule has 0 N–H and O–H groups in total. The Morgan fingerprint density at radius 3 is 2.24 bits per heavy atom. The number of amides is 1. The van der Waals surface area contributed by atoms with E-state index in [4.69, 9.17) is 0 Å². The molecular weight excluding hydrogens is 369 g/mol. The number of nitrogens with zero attached hydrogens (tertiary/aromatic N) is 5. The third kappa shape index (κ3) is 4.56. The summed E-state index contributed by atoms with van der Waals surface area (Å²) in [6, 6.07) is 13.6. The standard InChI is InChI=1S/C22H22FN5O/c23-18-7-5-17(6-8-18)20(16-19-4-1-2-9-24-19)21(29)27-12-14-28(15-13-27)22-25-10-3-11-26-22/h1-11,20H,12-16H2. The summed E-state index contributed by atoms with van der Waals surface area (Å²) < 4.78 is 13.4. The van der Waals surface area contributed by atoms with Gasteiger partial charge in [-0.1, -0.05) is 18.2 Å². The summed E-state index contributed by atoms with van der Waals surface area (Å²) in [5.41, 5.74) is 1.64. The molecule has 1 aromatic carbocycles. The number of rotatable bonds is 5. The Hall–Kier alpha value is -3.35. The lowest BCUT2D eigenvalue weighted by Crippen LogP contribution is -2.50. The summed E-state index contributed by atoms with van der Waals surface area (Å²) in [6.45, 7) is 2.54. The zero-order chi connectivity index (χ0) is 20.1. The average Bonchev–Trinajstić information content (AvgIpc) is 2.79. The number of piperazine rings is 1. The second-order valence-corrected chi connectivity index (χ2v) is 6.99. The maximum Gasteiger partial charge on any atom is 0.230 e. The molecular formula is C22H22FN5O. The summed E-state index contributed by atoms with van der Waals surface area (Å²) >= 11 is 0. The Bertz CT molecular complexity index is 928. The second kappa shape index (κ2) is 8.77. The van der Waals surface area contributed by atoms with Gasteiger partial charge in [0, 0.05) is 56.9 Å². The number of pyridine rings is 1. The maximum absolute atomic E-state index is 13.4. The zero-order valence-corrected chi connectivity index (χ0v) is 16.0. The Morgan fingerprint density at radius 1 is 0.897 bits per heavy atom. The van der Waals surface area contributed by atoms with Crippen molar-refractivity contribution in [1.82, 2.24) is 19.9 Å². The van der Waals surface area contributed by atoms with E-state index in [0.717, 1.165) is 11.3 Å². The van der Waals surface area contributed by atoms with Crippen LogP contribution in [0, 0.1) is 5.82 Å². The van der Waals surface area contributed by atoms with E-state index in [1.54, 1.807) is 36.8 Å². The predicted molar refractivity (Wildman–Crippen MR) is 108 cm³/mol. The molecule has 29 heavy (non-hydrogen) atoms. The molecule has 1 fully saturated rings. The molecule has 4 rings (SSSR count). The molecule has 1 saturated heterocycles. The van der Waals surface area contributed by atoms with Crippen LogP contribution in [0.3, 0.4) is 0 Å². The highest BCUT2D eigenvalue weighted by Gasteiger charge is 2.29. The van der Waals surface area contributed by atoms with Crippen molar-refractivity contribution in [3.05, 3.63) is 84.2 Å². The largest absolute Gasteiger partial charge is 0.339 e. The van der Waals surface area contributed by atoms with Crippen molar-refractivity contribution in [3.8, 4) is 0 Å². The lowest BCUT2D eigenvalue weighted by Gasteiger charge is -2.36. The van der Waals surface area contributed by atoms with Crippen molar-refractivity contribution in [2.45, 2.75) is 12.3 Å². The van der Waals surface area contributed by atoms with Crippen LogP contribution in [0.5, 0.6) is 0 Å². The highest BCUT2D eigenvalue weighted by molar-refractivity contribution is 5.84. The molecule has 1 atom stereocenters. The van der Waals surface area contributed by atoms with Gasteiger partial charge in [-0.2, -0.15) is 0 Å². The Labute approximate surface area is 169 Å². The minimum Gasteiger partial charge on any atom is -0.339 e. The van der Waals surface area contributed by atoms with Crippen LogP contribution in [0.4, 0.5) is 10.3 Å². The van der Waals surface area contributed by atoms with E-state index in [9.17, 15) is 9.18 Å². The number of aromatic nitrogens is 3. The fourth-order valence-corrected chi connectivity index (χ4v) is 3.57. The number of halogens is 1. The SMILES string of the molecule is O=C(C(Cc1ccccn1)c1ccc(F)cc1)N1CCN(c2ncccn2)CC1. The first-order valence-electron chi connectivity index (χ1n) is 9.67. The van der Waals surface area contributed by atoms with Gasteiger partial charge in [-0.15, -0.1) is 0 Å². The van der Waals surface area contributed by atoms with Gasteiger partial charge in [0.2, 0.25) is 11.9 Å². The molecule has 0 bridgehead atoms. The first-order chi connectivity index (χ1) is 14.2. The van der Waals surface area contributed by atoms with Crippen molar-refractivity contribution in [3.63, 3.8) is 0 Å². The van der Waals surface area contributed by atoms with Crippen LogP contribution in [-0.4, -0.2) is 51.9 Å². The molecule has 0 radical (unpaired) electrons. The van der Waals surface area contributed by atoms with Crippen LogP contribution in [0.2, 0.25) is 0 Å². The van der Waals surface area contributed by atoms with Crippen LogP contribution in [0.25, 0.3) is 0 Å². The predicted octanol–water partition coefficient (Wildman–Crippen LogP) is 2.69. The minimum atomic E-state index is -0.398. The van der Waals surface area contributed by atoms with Gasteiger partial charge in [0.05, 0.1) is 5.92 Å².